The van der Waals surface area contributed by atoms with E-state index in [1.54, 1.807) is 7.11 Å². The van der Waals surface area contributed by atoms with E-state index < -0.39 is 0 Å². The molecule has 1 aliphatic carbocycles. The predicted molar refractivity (Wildman–Crippen MR) is 79.2 cm³/mol. The third-order valence-electron chi connectivity index (χ3n) is 4.02. The Hall–Kier alpha value is -0.890. The van der Waals surface area contributed by atoms with Gasteiger partial charge in [-0.3, -0.25) is 0 Å². The molecule has 2 rings (SSSR count). The first kappa shape index (κ1) is 14.5. The van der Waals surface area contributed by atoms with Crippen molar-refractivity contribution in [3.05, 3.63) is 23.8 Å². The molecule has 0 aromatic heterocycles. The lowest BCUT2D eigenvalue weighted by atomic mass is 9.85. The van der Waals surface area contributed by atoms with Crippen molar-refractivity contribution in [3.63, 3.8) is 0 Å². The summed E-state index contributed by atoms with van der Waals surface area (Å²) in [5, 5.41) is 0. The third-order valence-corrected chi connectivity index (χ3v) is 4.33. The van der Waals surface area contributed by atoms with Gasteiger partial charge in [0.15, 0.2) is 11.5 Å². The molecule has 2 nitrogen and oxygen atoms in total. The van der Waals surface area contributed by atoms with Crippen LogP contribution < -0.4 is 9.47 Å². The zero-order valence-electron chi connectivity index (χ0n) is 11.8. The van der Waals surface area contributed by atoms with E-state index in [1.165, 1.54) is 25.7 Å². The van der Waals surface area contributed by atoms with Gasteiger partial charge in [0.1, 0.15) is 6.10 Å². The molecule has 0 bridgehead atoms. The zero-order chi connectivity index (χ0) is 13.7. The highest BCUT2D eigenvalue weighted by atomic mass is 35.5. The molecule has 0 saturated heterocycles. The van der Waals surface area contributed by atoms with Gasteiger partial charge in [-0.25, -0.2) is 0 Å². The highest BCUT2D eigenvalue weighted by Gasteiger charge is 2.26. The van der Waals surface area contributed by atoms with Crippen molar-refractivity contribution in [2.75, 3.05) is 7.11 Å². The maximum atomic E-state index is 6.21. The minimum atomic E-state index is 0.328. The fourth-order valence-corrected chi connectivity index (χ4v) is 3.02. The van der Waals surface area contributed by atoms with Gasteiger partial charge in [0.25, 0.3) is 0 Å². The molecule has 0 heterocycles. The number of hydrogen-bond donors (Lipinski definition) is 0. The van der Waals surface area contributed by atoms with Crippen LogP contribution in [0.5, 0.6) is 11.5 Å². The fourth-order valence-electron chi connectivity index (χ4n) is 2.85. The molecule has 1 saturated carbocycles. The highest BCUT2D eigenvalue weighted by molar-refractivity contribution is 6.17. The Morgan fingerprint density at radius 2 is 2.00 bits per heavy atom. The maximum Gasteiger partial charge on any atom is 0.161 e. The summed E-state index contributed by atoms with van der Waals surface area (Å²) in [5.74, 6) is 2.81. The van der Waals surface area contributed by atoms with Gasteiger partial charge in [-0.1, -0.05) is 19.4 Å². The molecule has 106 valence electrons. The standard InChI is InChI=1S/C16H23ClO2/c1-3-13-6-4-5-7-14(13)19-15-9-8-12(11-17)10-16(15)18-2/h8-10,13-14H,3-7,11H2,1-2H3. The minimum Gasteiger partial charge on any atom is -0.493 e. The third kappa shape index (κ3) is 3.56. The number of halogens is 1. The van der Waals surface area contributed by atoms with Crippen LogP contribution in [0.1, 0.15) is 44.6 Å². The smallest absolute Gasteiger partial charge is 0.161 e. The van der Waals surface area contributed by atoms with E-state index in [0.717, 1.165) is 23.5 Å². The minimum absolute atomic E-state index is 0.328. The second kappa shape index (κ2) is 7.04. The van der Waals surface area contributed by atoms with Crippen molar-refractivity contribution in [1.29, 1.82) is 0 Å². The average molecular weight is 283 g/mol. The zero-order valence-corrected chi connectivity index (χ0v) is 12.6. The van der Waals surface area contributed by atoms with E-state index in [9.17, 15) is 0 Å². The molecule has 0 aliphatic heterocycles. The number of ether oxygens (including phenoxy) is 2. The van der Waals surface area contributed by atoms with Crippen molar-refractivity contribution in [1.82, 2.24) is 0 Å². The van der Waals surface area contributed by atoms with Crippen LogP contribution in [-0.2, 0) is 5.88 Å². The van der Waals surface area contributed by atoms with Crippen molar-refractivity contribution >= 4 is 11.6 Å². The van der Waals surface area contributed by atoms with Crippen LogP contribution in [0.15, 0.2) is 18.2 Å². The van der Waals surface area contributed by atoms with E-state index in [2.05, 4.69) is 6.92 Å². The second-order valence-corrected chi connectivity index (χ2v) is 5.50. The Morgan fingerprint density at radius 1 is 1.21 bits per heavy atom. The molecule has 1 aromatic rings. The van der Waals surface area contributed by atoms with Gasteiger partial charge in [0.05, 0.1) is 7.11 Å². The molecule has 2 unspecified atom stereocenters. The molecule has 1 fully saturated rings. The molecule has 2 atom stereocenters. The van der Waals surface area contributed by atoms with Crippen LogP contribution in [0.25, 0.3) is 0 Å². The summed E-state index contributed by atoms with van der Waals surface area (Å²) in [6, 6.07) is 5.96. The summed E-state index contributed by atoms with van der Waals surface area (Å²) in [6.07, 6.45) is 6.55. The molecule has 0 radical (unpaired) electrons. The van der Waals surface area contributed by atoms with Crippen molar-refractivity contribution in [3.8, 4) is 11.5 Å². The lowest BCUT2D eigenvalue weighted by Crippen LogP contribution is -2.30. The largest absolute Gasteiger partial charge is 0.493 e. The Labute approximate surface area is 121 Å². The van der Waals surface area contributed by atoms with E-state index >= 15 is 0 Å². The van der Waals surface area contributed by atoms with Gasteiger partial charge in [-0.05, 0) is 49.3 Å². The highest BCUT2D eigenvalue weighted by Crippen LogP contribution is 2.35. The van der Waals surface area contributed by atoms with Crippen LogP contribution in [-0.4, -0.2) is 13.2 Å². The quantitative estimate of drug-likeness (QED) is 0.724. The molecule has 0 spiro atoms. The monoisotopic (exact) mass is 282 g/mol. The summed E-state index contributed by atoms with van der Waals surface area (Å²) < 4.78 is 11.6. The molecule has 0 amide bonds. The molecule has 3 heteroatoms. The predicted octanol–water partition coefficient (Wildman–Crippen LogP) is 4.78. The van der Waals surface area contributed by atoms with Gasteiger partial charge in [0, 0.05) is 5.88 Å². The second-order valence-electron chi connectivity index (χ2n) is 5.23. The van der Waals surface area contributed by atoms with Crippen LogP contribution in [0.4, 0.5) is 0 Å². The first-order valence-electron chi connectivity index (χ1n) is 7.18. The number of alkyl halides is 1. The Morgan fingerprint density at radius 3 is 2.68 bits per heavy atom. The fraction of sp³-hybridized carbons (Fsp3) is 0.625. The number of hydrogen-bond acceptors (Lipinski definition) is 2. The number of methoxy groups -OCH3 is 1. The first-order chi connectivity index (χ1) is 9.28. The van der Waals surface area contributed by atoms with Gasteiger partial charge in [-0.2, -0.15) is 0 Å². The van der Waals surface area contributed by atoms with Crippen molar-refractivity contribution in [2.24, 2.45) is 5.92 Å². The normalized spacial score (nSPS) is 23.1. The lowest BCUT2D eigenvalue weighted by Gasteiger charge is -2.31. The topological polar surface area (TPSA) is 18.5 Å². The Bertz CT molecular complexity index is 406. The summed E-state index contributed by atoms with van der Waals surface area (Å²) in [7, 11) is 1.68. The SMILES string of the molecule is CCC1CCCCC1Oc1ccc(CCl)cc1OC. The van der Waals surface area contributed by atoms with Crippen LogP contribution in [0, 0.1) is 5.92 Å². The van der Waals surface area contributed by atoms with Gasteiger partial charge in [0.2, 0.25) is 0 Å². The van der Waals surface area contributed by atoms with E-state index in [0.29, 0.717) is 17.9 Å². The first-order valence-corrected chi connectivity index (χ1v) is 7.71. The molecule has 19 heavy (non-hydrogen) atoms. The van der Waals surface area contributed by atoms with Gasteiger partial charge in [-0.15, -0.1) is 11.6 Å². The van der Waals surface area contributed by atoms with E-state index in [4.69, 9.17) is 21.1 Å². The molecule has 0 N–H and O–H groups in total. The molecule has 1 aliphatic rings. The number of rotatable bonds is 5. The van der Waals surface area contributed by atoms with Gasteiger partial charge < -0.3 is 9.47 Å². The van der Waals surface area contributed by atoms with Crippen LogP contribution in [0.3, 0.4) is 0 Å². The van der Waals surface area contributed by atoms with Crippen LogP contribution >= 0.6 is 11.6 Å². The maximum absolute atomic E-state index is 6.21. The summed E-state index contributed by atoms with van der Waals surface area (Å²) in [5.41, 5.74) is 1.06. The summed E-state index contributed by atoms with van der Waals surface area (Å²) in [4.78, 5) is 0. The van der Waals surface area contributed by atoms with Crippen molar-refractivity contribution < 1.29 is 9.47 Å². The van der Waals surface area contributed by atoms with E-state index in [1.807, 2.05) is 18.2 Å². The van der Waals surface area contributed by atoms with E-state index in [-0.39, 0.29) is 0 Å². The number of benzene rings is 1. The average Bonchev–Trinajstić information content (AvgIpc) is 2.48. The van der Waals surface area contributed by atoms with Gasteiger partial charge >= 0.3 is 0 Å². The Kier molecular flexibility index (Phi) is 5.38. The molecular formula is C16H23ClO2. The van der Waals surface area contributed by atoms with Crippen LogP contribution in [0.2, 0.25) is 0 Å². The Balaban J connectivity index is 2.12. The lowest BCUT2D eigenvalue weighted by molar-refractivity contribution is 0.0873. The summed E-state index contributed by atoms with van der Waals surface area (Å²) in [6.45, 7) is 2.25. The van der Waals surface area contributed by atoms with Crippen molar-refractivity contribution in [2.45, 2.75) is 51.0 Å². The molecule has 1 aromatic carbocycles. The molecular weight excluding hydrogens is 260 g/mol. The summed E-state index contributed by atoms with van der Waals surface area (Å²) >= 11 is 5.85.